The van der Waals surface area contributed by atoms with Crippen molar-refractivity contribution in [2.75, 3.05) is 0 Å². The molecule has 1 atom stereocenters. The second-order valence-electron chi connectivity index (χ2n) is 6.75. The summed E-state index contributed by atoms with van der Waals surface area (Å²) >= 11 is 0. The number of alkyl halides is 3. The molecule has 1 N–H and O–H groups in total. The molecule has 3 rings (SSSR count). The summed E-state index contributed by atoms with van der Waals surface area (Å²) in [4.78, 5) is 0. The van der Waals surface area contributed by atoms with Crippen molar-refractivity contribution in [1.29, 1.82) is 0 Å². The van der Waals surface area contributed by atoms with E-state index in [0.717, 1.165) is 24.8 Å². The topological polar surface area (TPSA) is 20.2 Å². The number of allylic oxidation sites excluding steroid dienone is 3. The molecule has 124 valence electrons. The first kappa shape index (κ1) is 16.2. The highest BCUT2D eigenvalue weighted by molar-refractivity contribution is 5.84. The van der Waals surface area contributed by atoms with Crippen LogP contribution in [0.5, 0.6) is 5.75 Å². The monoisotopic (exact) mass is 322 g/mol. The molecule has 0 aliphatic heterocycles. The lowest BCUT2D eigenvalue weighted by molar-refractivity contribution is -0.0903. The van der Waals surface area contributed by atoms with Crippen LogP contribution in [0.15, 0.2) is 35.9 Å². The van der Waals surface area contributed by atoms with Crippen molar-refractivity contribution >= 4 is 5.57 Å². The molecular formula is C19H21F3O. The first-order chi connectivity index (χ1) is 10.8. The van der Waals surface area contributed by atoms with E-state index >= 15 is 0 Å². The minimum Gasteiger partial charge on any atom is -0.508 e. The van der Waals surface area contributed by atoms with E-state index in [4.69, 9.17) is 0 Å². The molecule has 1 nitrogen and oxygen atoms in total. The number of hydrogen-bond donors (Lipinski definition) is 1. The Bertz CT molecular complexity index is 684. The van der Waals surface area contributed by atoms with Gasteiger partial charge in [0.25, 0.3) is 0 Å². The van der Waals surface area contributed by atoms with E-state index < -0.39 is 17.2 Å². The molecule has 1 aromatic rings. The van der Waals surface area contributed by atoms with Gasteiger partial charge in [0.15, 0.2) is 0 Å². The molecule has 0 amide bonds. The summed E-state index contributed by atoms with van der Waals surface area (Å²) in [5, 5.41) is 9.71. The average molecular weight is 322 g/mol. The zero-order chi connectivity index (χ0) is 16.8. The molecule has 0 radical (unpaired) electrons. The maximum atomic E-state index is 13.7. The molecular weight excluding hydrogens is 301 g/mol. The van der Waals surface area contributed by atoms with Crippen molar-refractivity contribution in [2.24, 2.45) is 5.41 Å². The van der Waals surface area contributed by atoms with E-state index in [2.05, 4.69) is 13.5 Å². The second kappa shape index (κ2) is 5.43. The van der Waals surface area contributed by atoms with E-state index in [1.807, 2.05) is 0 Å². The van der Waals surface area contributed by atoms with Crippen molar-refractivity contribution in [3.8, 4) is 5.75 Å². The number of hydrogen-bond acceptors (Lipinski definition) is 1. The fourth-order valence-corrected chi connectivity index (χ4v) is 4.21. The number of phenols is 1. The number of halogens is 3. The lowest BCUT2D eigenvalue weighted by Gasteiger charge is -2.38. The highest BCUT2D eigenvalue weighted by Crippen LogP contribution is 2.60. The third-order valence-corrected chi connectivity index (χ3v) is 5.22. The van der Waals surface area contributed by atoms with Crippen LogP contribution in [0, 0.1) is 5.41 Å². The van der Waals surface area contributed by atoms with Gasteiger partial charge in [0.2, 0.25) is 0 Å². The number of rotatable bonds is 3. The maximum absolute atomic E-state index is 13.7. The van der Waals surface area contributed by atoms with Gasteiger partial charge in [-0.25, -0.2) is 0 Å². The van der Waals surface area contributed by atoms with Crippen LogP contribution < -0.4 is 0 Å². The van der Waals surface area contributed by atoms with Crippen LogP contribution >= 0.6 is 0 Å². The van der Waals surface area contributed by atoms with Gasteiger partial charge in [-0.15, -0.1) is 0 Å². The van der Waals surface area contributed by atoms with Gasteiger partial charge in [-0.1, -0.05) is 32.4 Å². The Labute approximate surface area is 134 Å². The van der Waals surface area contributed by atoms with Gasteiger partial charge in [-0.3, -0.25) is 0 Å². The van der Waals surface area contributed by atoms with Crippen LogP contribution in [0.4, 0.5) is 13.2 Å². The molecule has 0 fully saturated rings. The van der Waals surface area contributed by atoms with Crippen LogP contribution in [-0.2, 0) is 6.42 Å². The van der Waals surface area contributed by atoms with E-state index in [-0.39, 0.29) is 11.3 Å². The van der Waals surface area contributed by atoms with E-state index in [0.29, 0.717) is 30.4 Å². The predicted octanol–water partition coefficient (Wildman–Crippen LogP) is 5.79. The van der Waals surface area contributed by atoms with Crippen molar-refractivity contribution < 1.29 is 18.3 Å². The Balaban J connectivity index is 2.26. The van der Waals surface area contributed by atoms with Gasteiger partial charge in [0.05, 0.1) is 5.57 Å². The van der Waals surface area contributed by atoms with E-state index in [1.54, 1.807) is 12.1 Å². The molecule has 0 saturated carbocycles. The van der Waals surface area contributed by atoms with Gasteiger partial charge in [-0.2, -0.15) is 13.2 Å². The SMILES string of the molecule is C=C1CCC2(CCCC)Cc3cc(O)ccc3C2=C1C(F)(F)F. The largest absolute Gasteiger partial charge is 0.508 e. The summed E-state index contributed by atoms with van der Waals surface area (Å²) in [6, 6.07) is 4.73. The predicted molar refractivity (Wildman–Crippen MR) is 85.1 cm³/mol. The Hall–Kier alpha value is -1.71. The minimum absolute atomic E-state index is 0.112. The molecule has 0 spiro atoms. The van der Waals surface area contributed by atoms with Crippen molar-refractivity contribution in [2.45, 2.75) is 51.6 Å². The first-order valence-corrected chi connectivity index (χ1v) is 8.11. The number of benzene rings is 1. The van der Waals surface area contributed by atoms with Gasteiger partial charge >= 0.3 is 6.18 Å². The van der Waals surface area contributed by atoms with Crippen molar-refractivity contribution in [3.63, 3.8) is 0 Å². The molecule has 2 aliphatic carbocycles. The van der Waals surface area contributed by atoms with Gasteiger partial charge < -0.3 is 5.11 Å². The number of fused-ring (bicyclic) bond motifs is 3. The van der Waals surface area contributed by atoms with Crippen LogP contribution in [0.2, 0.25) is 0 Å². The quantitative estimate of drug-likeness (QED) is 0.746. The highest BCUT2D eigenvalue weighted by Gasteiger charge is 2.51. The minimum atomic E-state index is -4.39. The molecule has 4 heteroatoms. The fraction of sp³-hybridized carbons (Fsp3) is 0.474. The molecule has 0 saturated heterocycles. The normalized spacial score (nSPS) is 23.9. The van der Waals surface area contributed by atoms with E-state index in [9.17, 15) is 18.3 Å². The molecule has 0 heterocycles. The van der Waals surface area contributed by atoms with Gasteiger partial charge in [0, 0.05) is 5.41 Å². The Kier molecular flexibility index (Phi) is 3.81. The van der Waals surface area contributed by atoms with Crippen LogP contribution in [0.25, 0.3) is 5.57 Å². The maximum Gasteiger partial charge on any atom is 0.416 e. The Morgan fingerprint density at radius 2 is 2.04 bits per heavy atom. The van der Waals surface area contributed by atoms with Gasteiger partial charge in [0.1, 0.15) is 5.75 Å². The summed E-state index contributed by atoms with van der Waals surface area (Å²) in [6.45, 7) is 5.75. The molecule has 2 aliphatic rings. The molecule has 1 unspecified atom stereocenters. The number of unbranched alkanes of at least 4 members (excludes halogenated alkanes) is 1. The number of aromatic hydroxyl groups is 1. The van der Waals surface area contributed by atoms with Gasteiger partial charge in [-0.05, 0) is 60.1 Å². The fourth-order valence-electron chi connectivity index (χ4n) is 4.21. The highest BCUT2D eigenvalue weighted by atomic mass is 19.4. The van der Waals surface area contributed by atoms with Crippen LogP contribution in [0.1, 0.15) is 50.2 Å². The summed E-state index contributed by atoms with van der Waals surface area (Å²) in [5.41, 5.74) is 1.10. The molecule has 1 aromatic carbocycles. The third-order valence-electron chi connectivity index (χ3n) is 5.22. The lowest BCUT2D eigenvalue weighted by atomic mass is 9.66. The standard InChI is InChI=1S/C19H21F3O/c1-3-4-8-18-9-7-12(2)16(19(20,21)22)17(18)15-6-5-14(23)10-13(15)11-18/h5-6,10,23H,2-4,7-9,11H2,1H3. The lowest BCUT2D eigenvalue weighted by Crippen LogP contribution is -2.30. The summed E-state index contributed by atoms with van der Waals surface area (Å²) in [7, 11) is 0. The zero-order valence-electron chi connectivity index (χ0n) is 13.3. The molecule has 0 aromatic heterocycles. The van der Waals surface area contributed by atoms with E-state index in [1.165, 1.54) is 6.07 Å². The molecule has 23 heavy (non-hydrogen) atoms. The number of phenolic OH excluding ortho intramolecular Hbond substituents is 1. The molecule has 0 bridgehead atoms. The van der Waals surface area contributed by atoms with Crippen molar-refractivity contribution in [3.05, 3.63) is 47.1 Å². The second-order valence-corrected chi connectivity index (χ2v) is 6.75. The van der Waals surface area contributed by atoms with Crippen LogP contribution in [0.3, 0.4) is 0 Å². The zero-order valence-corrected chi connectivity index (χ0v) is 13.3. The Morgan fingerprint density at radius 1 is 1.30 bits per heavy atom. The first-order valence-electron chi connectivity index (χ1n) is 8.11. The van der Waals surface area contributed by atoms with Crippen molar-refractivity contribution in [1.82, 2.24) is 0 Å². The van der Waals surface area contributed by atoms with Crippen LogP contribution in [-0.4, -0.2) is 11.3 Å². The average Bonchev–Trinajstić information content (AvgIpc) is 2.77. The summed E-state index contributed by atoms with van der Waals surface area (Å²) in [6.07, 6.45) is -0.0952. The Morgan fingerprint density at radius 3 is 2.70 bits per heavy atom. The summed E-state index contributed by atoms with van der Waals surface area (Å²) < 4.78 is 41.2. The smallest absolute Gasteiger partial charge is 0.416 e. The third kappa shape index (κ3) is 2.58. The summed E-state index contributed by atoms with van der Waals surface area (Å²) in [5.74, 6) is 0.112.